The predicted octanol–water partition coefficient (Wildman–Crippen LogP) is 7.62. The van der Waals surface area contributed by atoms with Gasteiger partial charge in [-0.2, -0.15) is 0 Å². The lowest BCUT2D eigenvalue weighted by Crippen LogP contribution is -2.04. The number of ether oxygens (including phenoxy) is 1. The molecule has 0 amide bonds. The third kappa shape index (κ3) is 4.37. The lowest BCUT2D eigenvalue weighted by Gasteiger charge is -2.17. The molecule has 0 spiro atoms. The van der Waals surface area contributed by atoms with Crippen LogP contribution >= 0.6 is 11.6 Å². The van der Waals surface area contributed by atoms with Crippen molar-refractivity contribution in [2.24, 2.45) is 0 Å². The van der Waals surface area contributed by atoms with E-state index >= 15 is 0 Å². The molecule has 0 saturated heterocycles. The van der Waals surface area contributed by atoms with Crippen LogP contribution in [0.25, 0.3) is 22.6 Å². The summed E-state index contributed by atoms with van der Waals surface area (Å²) in [6.07, 6.45) is -0.127. The molecule has 0 radical (unpaired) electrons. The van der Waals surface area contributed by atoms with E-state index in [0.717, 1.165) is 33.5 Å². The molecule has 28 heavy (non-hydrogen) atoms. The molecule has 1 aromatic heterocycles. The molecule has 3 nitrogen and oxygen atoms in total. The minimum atomic E-state index is -0.127. The molecule has 1 unspecified atom stereocenters. The summed E-state index contributed by atoms with van der Waals surface area (Å²) in [5.74, 6) is 1.30. The van der Waals surface area contributed by atoms with Crippen molar-refractivity contribution in [3.8, 4) is 17.2 Å². The highest BCUT2D eigenvalue weighted by atomic mass is 35.5. The van der Waals surface area contributed by atoms with Crippen molar-refractivity contribution >= 4 is 22.7 Å². The Kier molecular flexibility index (Phi) is 6.37. The molecule has 0 aliphatic carbocycles. The maximum atomic E-state index is 6.23. The van der Waals surface area contributed by atoms with Gasteiger partial charge in [0.15, 0.2) is 5.58 Å². The van der Waals surface area contributed by atoms with Gasteiger partial charge in [0.05, 0.1) is 5.56 Å². The normalized spacial score (nSPS) is 11.6. The van der Waals surface area contributed by atoms with Crippen LogP contribution in [-0.4, -0.2) is 4.98 Å². The van der Waals surface area contributed by atoms with Gasteiger partial charge in [0.1, 0.15) is 17.4 Å². The Morgan fingerprint density at radius 2 is 1.68 bits per heavy atom. The zero-order valence-electron chi connectivity index (χ0n) is 16.6. The third-order valence-corrected chi connectivity index (χ3v) is 4.55. The van der Waals surface area contributed by atoms with Crippen molar-refractivity contribution in [2.75, 3.05) is 0 Å². The van der Waals surface area contributed by atoms with Crippen molar-refractivity contribution in [3.63, 3.8) is 0 Å². The molecule has 0 bridgehead atoms. The smallest absolute Gasteiger partial charge is 0.231 e. The number of nitrogens with zero attached hydrogens (tertiary/aromatic N) is 1. The summed E-state index contributed by atoms with van der Waals surface area (Å²) in [5.41, 5.74) is 4.62. The summed E-state index contributed by atoms with van der Waals surface area (Å²) < 4.78 is 12.2. The van der Waals surface area contributed by atoms with Crippen LogP contribution in [0.4, 0.5) is 0 Å². The summed E-state index contributed by atoms with van der Waals surface area (Å²) in [5, 5.41) is 0.712. The van der Waals surface area contributed by atoms with Gasteiger partial charge in [0.2, 0.25) is 5.89 Å². The first-order valence-electron chi connectivity index (χ1n) is 9.49. The fourth-order valence-electron chi connectivity index (χ4n) is 2.89. The molecule has 3 aromatic carbocycles. The summed E-state index contributed by atoms with van der Waals surface area (Å²) in [7, 11) is 0. The summed E-state index contributed by atoms with van der Waals surface area (Å²) in [6.45, 7) is 8.05. The monoisotopic (exact) mass is 393 g/mol. The summed E-state index contributed by atoms with van der Waals surface area (Å²) in [6, 6.07) is 21.4. The second-order valence-electron chi connectivity index (χ2n) is 6.30. The quantitative estimate of drug-likeness (QED) is 0.357. The molecule has 1 atom stereocenters. The Hall–Kier alpha value is -2.78. The van der Waals surface area contributed by atoms with Gasteiger partial charge in [0, 0.05) is 5.02 Å². The van der Waals surface area contributed by atoms with Gasteiger partial charge in [-0.25, -0.2) is 4.98 Å². The maximum absolute atomic E-state index is 6.23. The highest BCUT2D eigenvalue weighted by Crippen LogP contribution is 2.35. The number of para-hydroxylation sites is 2. The largest absolute Gasteiger partial charge is 0.485 e. The first-order valence-corrected chi connectivity index (χ1v) is 9.87. The van der Waals surface area contributed by atoms with Crippen molar-refractivity contribution in [1.82, 2.24) is 4.98 Å². The van der Waals surface area contributed by atoms with E-state index in [1.54, 1.807) is 0 Å². The van der Waals surface area contributed by atoms with Crippen molar-refractivity contribution in [1.29, 1.82) is 0 Å². The molecular formula is C24H24ClNO2. The first kappa shape index (κ1) is 20.0. The number of rotatable bonds is 4. The molecule has 0 N–H and O–H groups in total. The van der Waals surface area contributed by atoms with E-state index in [1.807, 2.05) is 94.4 Å². The minimum Gasteiger partial charge on any atom is -0.485 e. The van der Waals surface area contributed by atoms with Crippen LogP contribution in [-0.2, 0) is 0 Å². The standard InChI is InChI=1S/C22H18ClNO2.C2H6/c1-14-7-12-20(25-15(2)16-8-10-17(23)11-9-16)18(13-14)22-24-19-5-3-4-6-21(19)26-22;1-2/h3-13,15H,1-2H3;1-2H3. The van der Waals surface area contributed by atoms with Crippen LogP contribution in [0.5, 0.6) is 5.75 Å². The Bertz CT molecular complexity index is 1020. The van der Waals surface area contributed by atoms with Gasteiger partial charge in [-0.3, -0.25) is 0 Å². The maximum Gasteiger partial charge on any atom is 0.231 e. The Balaban J connectivity index is 0.00000109. The van der Waals surface area contributed by atoms with E-state index in [4.69, 9.17) is 20.8 Å². The molecule has 0 fully saturated rings. The van der Waals surface area contributed by atoms with Crippen molar-refractivity contribution in [3.05, 3.63) is 82.9 Å². The molecule has 0 aliphatic heterocycles. The fraction of sp³-hybridized carbons (Fsp3) is 0.208. The van der Waals surface area contributed by atoms with Crippen LogP contribution in [0.15, 0.2) is 71.1 Å². The van der Waals surface area contributed by atoms with Crippen LogP contribution in [0.1, 0.15) is 38.0 Å². The Labute approximate surface area is 170 Å². The zero-order chi connectivity index (χ0) is 20.1. The molecule has 1 heterocycles. The van der Waals surface area contributed by atoms with Gasteiger partial charge in [-0.1, -0.05) is 61.3 Å². The topological polar surface area (TPSA) is 35.3 Å². The van der Waals surface area contributed by atoms with Gasteiger partial charge in [-0.15, -0.1) is 0 Å². The minimum absolute atomic E-state index is 0.127. The van der Waals surface area contributed by atoms with E-state index in [0.29, 0.717) is 10.9 Å². The molecule has 144 valence electrons. The molecule has 4 aromatic rings. The van der Waals surface area contributed by atoms with Crippen molar-refractivity contribution in [2.45, 2.75) is 33.8 Å². The molecule has 0 saturated carbocycles. The molecule has 4 rings (SSSR count). The second kappa shape index (κ2) is 8.94. The summed E-state index contributed by atoms with van der Waals surface area (Å²) in [4.78, 5) is 4.61. The van der Waals surface area contributed by atoms with Crippen LogP contribution in [0, 0.1) is 6.92 Å². The Morgan fingerprint density at radius 3 is 2.39 bits per heavy atom. The van der Waals surface area contributed by atoms with Crippen LogP contribution in [0.3, 0.4) is 0 Å². The number of fused-ring (bicyclic) bond motifs is 1. The number of hydrogen-bond donors (Lipinski definition) is 0. The number of benzene rings is 3. The van der Waals surface area contributed by atoms with Gasteiger partial charge >= 0.3 is 0 Å². The number of hydrogen-bond acceptors (Lipinski definition) is 3. The zero-order valence-corrected chi connectivity index (χ0v) is 17.3. The molecule has 4 heteroatoms. The fourth-order valence-corrected chi connectivity index (χ4v) is 3.02. The molecular weight excluding hydrogens is 370 g/mol. The van der Waals surface area contributed by atoms with E-state index in [-0.39, 0.29) is 6.10 Å². The predicted molar refractivity (Wildman–Crippen MR) is 116 cm³/mol. The van der Waals surface area contributed by atoms with E-state index in [2.05, 4.69) is 4.98 Å². The van der Waals surface area contributed by atoms with Crippen molar-refractivity contribution < 1.29 is 9.15 Å². The lowest BCUT2D eigenvalue weighted by molar-refractivity contribution is 0.227. The third-order valence-electron chi connectivity index (χ3n) is 4.30. The average Bonchev–Trinajstić information content (AvgIpc) is 3.15. The Morgan fingerprint density at radius 1 is 0.964 bits per heavy atom. The number of halogens is 1. The van der Waals surface area contributed by atoms with E-state index in [9.17, 15) is 0 Å². The first-order chi connectivity index (χ1) is 13.6. The second-order valence-corrected chi connectivity index (χ2v) is 6.73. The van der Waals surface area contributed by atoms with Crippen LogP contribution < -0.4 is 4.74 Å². The molecule has 0 aliphatic rings. The SMILES string of the molecule is CC.Cc1ccc(OC(C)c2ccc(Cl)cc2)c(-c2nc3ccccc3o2)c1. The number of aryl methyl sites for hydroxylation is 1. The highest BCUT2D eigenvalue weighted by Gasteiger charge is 2.16. The van der Waals surface area contributed by atoms with E-state index in [1.165, 1.54) is 0 Å². The lowest BCUT2D eigenvalue weighted by atomic mass is 10.1. The van der Waals surface area contributed by atoms with Crippen LogP contribution in [0.2, 0.25) is 5.02 Å². The van der Waals surface area contributed by atoms with Gasteiger partial charge in [-0.05, 0) is 55.8 Å². The summed E-state index contributed by atoms with van der Waals surface area (Å²) >= 11 is 5.98. The highest BCUT2D eigenvalue weighted by molar-refractivity contribution is 6.30. The number of oxazole rings is 1. The van der Waals surface area contributed by atoms with Gasteiger partial charge in [0.25, 0.3) is 0 Å². The van der Waals surface area contributed by atoms with Gasteiger partial charge < -0.3 is 9.15 Å². The number of aromatic nitrogens is 1. The van der Waals surface area contributed by atoms with E-state index < -0.39 is 0 Å². The average molecular weight is 394 g/mol.